The molecule has 3 aliphatic rings. The number of hydrogen-bond acceptors (Lipinski definition) is 6. The van der Waals surface area contributed by atoms with Crippen LogP contribution in [-0.2, 0) is 25.7 Å². The lowest BCUT2D eigenvalue weighted by Gasteiger charge is -2.29. The molecule has 2 heterocycles. The van der Waals surface area contributed by atoms with Crippen LogP contribution in [0.1, 0.15) is 31.2 Å². The van der Waals surface area contributed by atoms with E-state index < -0.39 is 23.5 Å². The van der Waals surface area contributed by atoms with Crippen LogP contribution in [0.25, 0.3) is 0 Å². The fourth-order valence-electron chi connectivity index (χ4n) is 5.34. The number of likely N-dealkylation sites (tertiary alicyclic amines) is 2. The van der Waals surface area contributed by atoms with Gasteiger partial charge in [0.1, 0.15) is 11.8 Å². The number of nitrogens with two attached hydrogens (primary N) is 1. The molecule has 1 aliphatic carbocycles. The van der Waals surface area contributed by atoms with Crippen molar-refractivity contribution in [1.29, 1.82) is 0 Å². The summed E-state index contributed by atoms with van der Waals surface area (Å²) in [6, 6.07) is 6.35. The zero-order valence-corrected chi connectivity index (χ0v) is 19.6. The molecule has 0 radical (unpaired) electrons. The molecule has 4 rings (SSSR count). The van der Waals surface area contributed by atoms with E-state index >= 15 is 0 Å². The van der Waals surface area contributed by atoms with Gasteiger partial charge < -0.3 is 30.3 Å². The highest BCUT2D eigenvalue weighted by molar-refractivity contribution is 5.94. The van der Waals surface area contributed by atoms with Crippen molar-refractivity contribution in [2.24, 2.45) is 17.1 Å². The Bertz CT molecular complexity index is 903. The van der Waals surface area contributed by atoms with Crippen LogP contribution in [0.15, 0.2) is 24.3 Å². The number of carbonyl (C=O) groups is 3. The number of likely N-dealkylation sites (N-methyl/N-ethyl adjacent to an activating group) is 1. The zero-order chi connectivity index (χ0) is 23.8. The van der Waals surface area contributed by atoms with E-state index in [4.69, 9.17) is 15.2 Å². The number of hydrogen-bond donors (Lipinski definition) is 2. The summed E-state index contributed by atoms with van der Waals surface area (Å²) in [4.78, 5) is 42.8. The highest BCUT2D eigenvalue weighted by Crippen LogP contribution is 2.46. The highest BCUT2D eigenvalue weighted by atomic mass is 16.5. The second kappa shape index (κ2) is 9.30. The van der Waals surface area contributed by atoms with Crippen molar-refractivity contribution in [3.63, 3.8) is 0 Å². The number of benzene rings is 1. The van der Waals surface area contributed by atoms with E-state index in [1.54, 1.807) is 26.2 Å². The van der Waals surface area contributed by atoms with Gasteiger partial charge in [-0.05, 0) is 43.5 Å². The maximum atomic E-state index is 13.7. The maximum Gasteiger partial charge on any atom is 0.240 e. The molecule has 4 atom stereocenters. The molecule has 1 saturated carbocycles. The largest absolute Gasteiger partial charge is 0.497 e. The average Bonchev–Trinajstić information content (AvgIpc) is 3.49. The van der Waals surface area contributed by atoms with Crippen molar-refractivity contribution < 1.29 is 23.9 Å². The molecule has 3 N–H and O–H groups in total. The molecule has 0 bridgehead atoms. The Morgan fingerprint density at radius 1 is 1.24 bits per heavy atom. The Morgan fingerprint density at radius 3 is 2.48 bits per heavy atom. The van der Waals surface area contributed by atoms with E-state index in [1.165, 1.54) is 4.90 Å². The summed E-state index contributed by atoms with van der Waals surface area (Å²) in [5.41, 5.74) is 5.71. The molecule has 1 aromatic rings. The van der Waals surface area contributed by atoms with Crippen LogP contribution in [0, 0.1) is 11.3 Å². The third kappa shape index (κ3) is 4.44. The number of methoxy groups -OCH3 is 2. The van der Waals surface area contributed by atoms with E-state index in [9.17, 15) is 14.4 Å². The van der Waals surface area contributed by atoms with Crippen molar-refractivity contribution in [3.8, 4) is 5.75 Å². The van der Waals surface area contributed by atoms with Gasteiger partial charge in [0.05, 0.1) is 24.7 Å². The molecule has 1 aromatic carbocycles. The summed E-state index contributed by atoms with van der Waals surface area (Å²) in [5.74, 6) is 0.432. The SMILES string of the molecule is CN[C@@H](CC1CC1)C(=O)N1C[C@]2(C[C@H]1C(N)=O)C(=O)N(Cc1ccc(OC)cc1)CC2OC. The van der Waals surface area contributed by atoms with E-state index in [0.717, 1.165) is 30.6 Å². The number of ether oxygens (including phenoxy) is 2. The van der Waals surface area contributed by atoms with Gasteiger partial charge in [0.15, 0.2) is 0 Å². The van der Waals surface area contributed by atoms with Crippen molar-refractivity contribution in [2.45, 2.75) is 50.4 Å². The van der Waals surface area contributed by atoms with Gasteiger partial charge in [0.2, 0.25) is 17.7 Å². The molecule has 33 heavy (non-hydrogen) atoms. The summed E-state index contributed by atoms with van der Waals surface area (Å²) in [6.07, 6.45) is 2.73. The topological polar surface area (TPSA) is 114 Å². The van der Waals surface area contributed by atoms with Crippen LogP contribution in [0.5, 0.6) is 5.75 Å². The number of carbonyl (C=O) groups excluding carboxylic acids is 3. The zero-order valence-electron chi connectivity index (χ0n) is 19.6. The van der Waals surface area contributed by atoms with Crippen LogP contribution in [0.4, 0.5) is 0 Å². The van der Waals surface area contributed by atoms with Gasteiger partial charge in [0.25, 0.3) is 0 Å². The normalized spacial score (nSPS) is 27.9. The lowest BCUT2D eigenvalue weighted by Crippen LogP contribution is -2.51. The van der Waals surface area contributed by atoms with Crippen molar-refractivity contribution >= 4 is 17.7 Å². The van der Waals surface area contributed by atoms with Gasteiger partial charge in [-0.3, -0.25) is 14.4 Å². The van der Waals surface area contributed by atoms with E-state index in [1.807, 2.05) is 24.3 Å². The van der Waals surface area contributed by atoms with Crippen LogP contribution in [-0.4, -0.2) is 80.1 Å². The Balaban J connectivity index is 1.56. The predicted molar refractivity (Wildman–Crippen MR) is 121 cm³/mol. The third-order valence-electron chi connectivity index (χ3n) is 7.44. The number of nitrogens with zero attached hydrogens (tertiary/aromatic N) is 2. The molecule has 9 heteroatoms. The molecule has 9 nitrogen and oxygen atoms in total. The summed E-state index contributed by atoms with van der Waals surface area (Å²) in [6.45, 7) is 0.950. The fraction of sp³-hybridized carbons (Fsp3) is 0.625. The van der Waals surface area contributed by atoms with Gasteiger partial charge in [-0.15, -0.1) is 0 Å². The number of amides is 3. The Hall–Kier alpha value is -2.65. The molecular weight excluding hydrogens is 424 g/mol. The summed E-state index contributed by atoms with van der Waals surface area (Å²) >= 11 is 0. The van der Waals surface area contributed by atoms with Gasteiger partial charge >= 0.3 is 0 Å². The molecule has 1 unspecified atom stereocenters. The first kappa shape index (κ1) is 23.5. The summed E-state index contributed by atoms with van der Waals surface area (Å²) < 4.78 is 11.0. The van der Waals surface area contributed by atoms with Crippen LogP contribution in [0.2, 0.25) is 0 Å². The lowest BCUT2D eigenvalue weighted by atomic mass is 9.81. The first-order valence-electron chi connectivity index (χ1n) is 11.5. The maximum absolute atomic E-state index is 13.7. The second-order valence-electron chi connectivity index (χ2n) is 9.52. The van der Waals surface area contributed by atoms with E-state index in [2.05, 4.69) is 5.32 Å². The molecule has 3 amide bonds. The Kier molecular flexibility index (Phi) is 6.63. The van der Waals surface area contributed by atoms with Crippen LogP contribution >= 0.6 is 0 Å². The second-order valence-corrected chi connectivity index (χ2v) is 9.52. The molecule has 2 saturated heterocycles. The minimum absolute atomic E-state index is 0.102. The quantitative estimate of drug-likeness (QED) is 0.558. The van der Waals surface area contributed by atoms with Crippen molar-refractivity contribution in [2.75, 3.05) is 34.4 Å². The minimum atomic E-state index is -0.978. The van der Waals surface area contributed by atoms with Crippen molar-refractivity contribution in [3.05, 3.63) is 29.8 Å². The smallest absolute Gasteiger partial charge is 0.240 e. The van der Waals surface area contributed by atoms with Gasteiger partial charge in [-0.25, -0.2) is 0 Å². The molecule has 2 aliphatic heterocycles. The van der Waals surface area contributed by atoms with E-state index in [0.29, 0.717) is 19.0 Å². The first-order chi connectivity index (χ1) is 15.8. The number of nitrogens with one attached hydrogen (secondary N) is 1. The molecule has 180 valence electrons. The van der Waals surface area contributed by atoms with Gasteiger partial charge in [-0.1, -0.05) is 25.0 Å². The third-order valence-corrected chi connectivity index (χ3v) is 7.44. The van der Waals surface area contributed by atoms with Crippen LogP contribution < -0.4 is 15.8 Å². The average molecular weight is 459 g/mol. The number of rotatable bonds is 9. The summed E-state index contributed by atoms with van der Waals surface area (Å²) in [7, 11) is 4.94. The Morgan fingerprint density at radius 2 is 1.94 bits per heavy atom. The first-order valence-corrected chi connectivity index (χ1v) is 11.5. The predicted octanol–water partition coefficient (Wildman–Crippen LogP) is 0.513. The minimum Gasteiger partial charge on any atom is -0.497 e. The number of primary amides is 1. The monoisotopic (exact) mass is 458 g/mol. The highest BCUT2D eigenvalue weighted by Gasteiger charge is 2.62. The molecule has 3 fully saturated rings. The fourth-order valence-corrected chi connectivity index (χ4v) is 5.34. The van der Waals surface area contributed by atoms with E-state index in [-0.39, 0.29) is 30.8 Å². The van der Waals surface area contributed by atoms with Crippen LogP contribution in [0.3, 0.4) is 0 Å². The standard InChI is InChI=1S/C24H34N4O5/c1-26-18(10-15-4-5-15)22(30)28-14-24(11-19(28)21(25)29)20(33-3)13-27(23(24)31)12-16-6-8-17(32-2)9-7-16/h6-9,15,18-20,26H,4-5,10-14H2,1-3H3,(H2,25,29)/t18-,19-,20?,24-/m0/s1. The summed E-state index contributed by atoms with van der Waals surface area (Å²) in [5, 5.41) is 3.10. The molecular formula is C24H34N4O5. The molecule has 1 spiro atoms. The Labute approximate surface area is 194 Å². The van der Waals surface area contributed by atoms with Gasteiger partial charge in [-0.2, -0.15) is 0 Å². The van der Waals surface area contributed by atoms with Gasteiger partial charge in [0, 0.05) is 26.7 Å². The molecule has 0 aromatic heterocycles. The van der Waals surface area contributed by atoms with Crippen molar-refractivity contribution in [1.82, 2.24) is 15.1 Å². The lowest BCUT2D eigenvalue weighted by molar-refractivity contribution is -0.141.